The predicted molar refractivity (Wildman–Crippen MR) is 83.3 cm³/mol. The van der Waals surface area contributed by atoms with Gasteiger partial charge in [-0.15, -0.1) is 11.3 Å². The summed E-state index contributed by atoms with van der Waals surface area (Å²) < 4.78 is 26.9. The molecular weight excluding hydrogens is 326 g/mol. The van der Waals surface area contributed by atoms with E-state index in [-0.39, 0.29) is 26.1 Å². The summed E-state index contributed by atoms with van der Waals surface area (Å²) in [5, 5.41) is 9.00. The Labute approximate surface area is 131 Å². The van der Waals surface area contributed by atoms with Crippen LogP contribution in [0, 0.1) is 6.92 Å². The van der Waals surface area contributed by atoms with Gasteiger partial charge < -0.3 is 5.11 Å². The number of aromatic carboxylic acids is 1. The standard InChI is InChI=1S/C14H13NO5S2/c1-8-7-12(21-13(8)14(17)18)22(19,20)15-11-6-4-3-5-10(11)9(2)16/h3-7,15H,1-2H3,(H,17,18). The van der Waals surface area contributed by atoms with Gasteiger partial charge in [-0.2, -0.15) is 0 Å². The first-order valence-corrected chi connectivity index (χ1v) is 8.49. The van der Waals surface area contributed by atoms with E-state index in [1.807, 2.05) is 0 Å². The first kappa shape index (κ1) is 16.2. The minimum Gasteiger partial charge on any atom is -0.477 e. The smallest absolute Gasteiger partial charge is 0.346 e. The van der Waals surface area contributed by atoms with Crippen LogP contribution in [0.15, 0.2) is 34.5 Å². The van der Waals surface area contributed by atoms with Gasteiger partial charge >= 0.3 is 5.97 Å². The van der Waals surface area contributed by atoms with E-state index < -0.39 is 16.0 Å². The number of para-hydroxylation sites is 1. The van der Waals surface area contributed by atoms with E-state index in [2.05, 4.69) is 4.72 Å². The Hall–Kier alpha value is -2.19. The summed E-state index contributed by atoms with van der Waals surface area (Å²) in [5.41, 5.74) is 0.786. The van der Waals surface area contributed by atoms with Crippen molar-refractivity contribution in [2.75, 3.05) is 4.72 Å². The lowest BCUT2D eigenvalue weighted by molar-refractivity contribution is 0.0701. The van der Waals surface area contributed by atoms with E-state index in [9.17, 15) is 18.0 Å². The Kier molecular flexibility index (Phi) is 4.34. The van der Waals surface area contributed by atoms with Gasteiger partial charge in [-0.05, 0) is 37.6 Å². The molecule has 2 aromatic rings. The maximum Gasteiger partial charge on any atom is 0.346 e. The number of thiophene rings is 1. The molecule has 0 radical (unpaired) electrons. The molecule has 1 aromatic heterocycles. The lowest BCUT2D eigenvalue weighted by atomic mass is 10.1. The number of carboxylic acids is 1. The van der Waals surface area contributed by atoms with E-state index >= 15 is 0 Å². The molecule has 0 aliphatic carbocycles. The van der Waals surface area contributed by atoms with Crippen LogP contribution in [0.5, 0.6) is 0 Å². The van der Waals surface area contributed by atoms with Gasteiger partial charge in [0.25, 0.3) is 10.0 Å². The second-order valence-corrected chi connectivity index (χ2v) is 7.55. The van der Waals surface area contributed by atoms with Gasteiger partial charge in [0.2, 0.25) is 0 Å². The Morgan fingerprint density at radius 3 is 2.41 bits per heavy atom. The van der Waals surface area contributed by atoms with E-state index in [1.165, 1.54) is 32.0 Å². The van der Waals surface area contributed by atoms with Crippen molar-refractivity contribution in [3.05, 3.63) is 46.3 Å². The molecule has 0 saturated carbocycles. The monoisotopic (exact) mass is 339 g/mol. The molecule has 0 spiro atoms. The molecule has 0 bridgehead atoms. The number of ketones is 1. The summed E-state index contributed by atoms with van der Waals surface area (Å²) in [6, 6.07) is 7.53. The number of rotatable bonds is 5. The zero-order valence-electron chi connectivity index (χ0n) is 11.8. The lowest BCUT2D eigenvalue weighted by Crippen LogP contribution is -2.13. The highest BCUT2D eigenvalue weighted by molar-refractivity contribution is 7.94. The topological polar surface area (TPSA) is 101 Å². The summed E-state index contributed by atoms with van der Waals surface area (Å²) >= 11 is 0.673. The maximum absolute atomic E-state index is 12.4. The zero-order valence-corrected chi connectivity index (χ0v) is 13.4. The number of anilines is 1. The largest absolute Gasteiger partial charge is 0.477 e. The van der Waals surface area contributed by atoms with Crippen LogP contribution < -0.4 is 4.72 Å². The molecule has 1 heterocycles. The van der Waals surface area contributed by atoms with E-state index in [1.54, 1.807) is 12.1 Å². The van der Waals surface area contributed by atoms with Crippen molar-refractivity contribution < 1.29 is 23.1 Å². The zero-order chi connectivity index (χ0) is 16.5. The first-order valence-electron chi connectivity index (χ1n) is 6.19. The SMILES string of the molecule is CC(=O)c1ccccc1NS(=O)(=O)c1cc(C)c(C(=O)O)s1. The molecule has 22 heavy (non-hydrogen) atoms. The fraction of sp³-hybridized carbons (Fsp3) is 0.143. The van der Waals surface area contributed by atoms with Crippen LogP contribution in [-0.2, 0) is 10.0 Å². The molecule has 2 rings (SSSR count). The number of carboxylic acid groups (broad SMARTS) is 1. The molecule has 0 aliphatic heterocycles. The van der Waals surface area contributed by atoms with E-state index in [0.29, 0.717) is 16.9 Å². The van der Waals surface area contributed by atoms with Gasteiger partial charge in [0.05, 0.1) is 5.69 Å². The summed E-state index contributed by atoms with van der Waals surface area (Å²) in [6.07, 6.45) is 0. The highest BCUT2D eigenvalue weighted by Crippen LogP contribution is 2.28. The van der Waals surface area contributed by atoms with Gasteiger partial charge in [0.1, 0.15) is 9.09 Å². The Balaban J connectivity index is 2.43. The number of hydrogen-bond acceptors (Lipinski definition) is 5. The summed E-state index contributed by atoms with van der Waals surface area (Å²) in [4.78, 5) is 22.5. The molecule has 2 N–H and O–H groups in total. The third kappa shape index (κ3) is 3.18. The van der Waals surface area contributed by atoms with Crippen molar-refractivity contribution in [3.8, 4) is 0 Å². The number of hydrogen-bond donors (Lipinski definition) is 2. The second kappa shape index (κ2) is 5.90. The van der Waals surface area contributed by atoms with Crippen molar-refractivity contribution in [3.63, 3.8) is 0 Å². The average molecular weight is 339 g/mol. The van der Waals surface area contributed by atoms with E-state index in [4.69, 9.17) is 5.11 Å². The Morgan fingerprint density at radius 2 is 1.86 bits per heavy atom. The minimum atomic E-state index is -3.95. The minimum absolute atomic E-state index is 0.0276. The van der Waals surface area contributed by atoms with Gasteiger partial charge in [-0.3, -0.25) is 9.52 Å². The Bertz CT molecular complexity index is 852. The van der Waals surface area contributed by atoms with Crippen LogP contribution in [0.1, 0.15) is 32.5 Å². The fourth-order valence-electron chi connectivity index (χ4n) is 1.87. The molecule has 0 aliphatic rings. The van der Waals surface area contributed by atoms with Gasteiger partial charge in [0.15, 0.2) is 5.78 Å². The lowest BCUT2D eigenvalue weighted by Gasteiger charge is -2.09. The molecule has 8 heteroatoms. The van der Waals surface area contributed by atoms with Crippen LogP contribution >= 0.6 is 11.3 Å². The molecular formula is C14H13NO5S2. The van der Waals surface area contributed by atoms with Gasteiger partial charge in [0, 0.05) is 5.56 Å². The van der Waals surface area contributed by atoms with Crippen LogP contribution in [0.3, 0.4) is 0 Å². The maximum atomic E-state index is 12.4. The normalized spacial score (nSPS) is 11.2. The number of nitrogens with one attached hydrogen (secondary N) is 1. The summed E-state index contributed by atoms with van der Waals surface area (Å²) in [7, 11) is -3.95. The molecule has 116 valence electrons. The van der Waals surface area contributed by atoms with Crippen LogP contribution in [-0.4, -0.2) is 25.3 Å². The Morgan fingerprint density at radius 1 is 1.23 bits per heavy atom. The molecule has 0 unspecified atom stereocenters. The van der Waals surface area contributed by atoms with Crippen LogP contribution in [0.4, 0.5) is 5.69 Å². The van der Waals surface area contributed by atoms with Crippen molar-refractivity contribution in [1.29, 1.82) is 0 Å². The number of carbonyl (C=O) groups excluding carboxylic acids is 1. The van der Waals surface area contributed by atoms with Crippen LogP contribution in [0.2, 0.25) is 0 Å². The molecule has 1 aromatic carbocycles. The quantitative estimate of drug-likeness (QED) is 0.816. The van der Waals surface area contributed by atoms with Crippen molar-refractivity contribution >= 4 is 38.8 Å². The number of Topliss-reactive ketones (excluding diaryl/α,β-unsaturated/α-hetero) is 1. The second-order valence-electron chi connectivity index (χ2n) is 4.59. The molecule has 6 nitrogen and oxygen atoms in total. The molecule has 0 saturated heterocycles. The predicted octanol–water partition coefficient (Wildman–Crippen LogP) is 2.76. The summed E-state index contributed by atoms with van der Waals surface area (Å²) in [6.45, 7) is 2.87. The highest BCUT2D eigenvalue weighted by atomic mass is 32.2. The van der Waals surface area contributed by atoms with Crippen molar-refractivity contribution in [2.24, 2.45) is 0 Å². The van der Waals surface area contributed by atoms with Gasteiger partial charge in [-0.25, -0.2) is 13.2 Å². The highest BCUT2D eigenvalue weighted by Gasteiger charge is 2.23. The average Bonchev–Trinajstić information content (AvgIpc) is 2.82. The van der Waals surface area contributed by atoms with Crippen LogP contribution in [0.25, 0.3) is 0 Å². The molecule has 0 atom stereocenters. The van der Waals surface area contributed by atoms with E-state index in [0.717, 1.165) is 0 Å². The molecule has 0 amide bonds. The van der Waals surface area contributed by atoms with Crippen molar-refractivity contribution in [2.45, 2.75) is 18.1 Å². The third-order valence-corrected chi connectivity index (χ3v) is 5.97. The molecule has 0 fully saturated rings. The number of sulfonamides is 1. The van der Waals surface area contributed by atoms with Crippen molar-refractivity contribution in [1.82, 2.24) is 0 Å². The third-order valence-electron chi connectivity index (χ3n) is 2.90. The number of benzene rings is 1. The summed E-state index contributed by atoms with van der Waals surface area (Å²) in [5.74, 6) is -1.44. The number of carbonyl (C=O) groups is 2. The fourth-order valence-corrected chi connectivity index (χ4v) is 4.33. The first-order chi connectivity index (χ1) is 10.2. The number of aryl methyl sites for hydroxylation is 1. The van der Waals surface area contributed by atoms with Gasteiger partial charge in [-0.1, -0.05) is 12.1 Å².